The molecule has 0 fully saturated rings. The normalized spacial score (nSPS) is 13.8. The second-order valence-corrected chi connectivity index (χ2v) is 31.7. The zero-order chi connectivity index (χ0) is 72.5. The molecule has 0 aromatic heterocycles. The summed E-state index contributed by atoms with van der Waals surface area (Å²) in [5, 5.41) is 10.6. The maximum absolute atomic E-state index is 13.1. The van der Waals surface area contributed by atoms with Gasteiger partial charge in [0.05, 0.1) is 26.4 Å². The second kappa shape index (κ2) is 74.3. The Hall–Kier alpha value is -1.94. The third kappa shape index (κ3) is 74.1. The fourth-order valence-corrected chi connectivity index (χ4v) is 14.0. The Bertz CT molecular complexity index is 1880. The molecule has 0 aromatic rings. The van der Waals surface area contributed by atoms with E-state index in [1.165, 1.54) is 263 Å². The molecule has 0 amide bonds. The van der Waals surface area contributed by atoms with E-state index in [2.05, 4.69) is 27.7 Å². The highest BCUT2D eigenvalue weighted by atomic mass is 31.2. The number of esters is 4. The zero-order valence-electron chi connectivity index (χ0n) is 64.5. The van der Waals surface area contributed by atoms with E-state index in [0.29, 0.717) is 25.7 Å². The standard InChI is InChI=1S/C80H156O17P2/c1-5-9-13-17-21-25-29-32-34-36-38-40-43-47-51-55-59-63-67-80(85)97-76(71-91-78(83)65-61-57-53-49-45-42-39-37-35-33-30-26-22-18-14-10-6-2)73-95-99(88,89)93-69-74(81)68-92-98(86,87)94-72-75(70-90-77(82)64-60-56-52-48-44-28-24-20-16-12-8-4)96-79(84)66-62-58-54-50-46-41-31-27-23-19-15-11-7-3/h74-76,81H,5-73H2,1-4H3,(H,86,87)(H,88,89)/t74-,75+,76+/m0/s1. The maximum atomic E-state index is 13.1. The van der Waals surface area contributed by atoms with Crippen molar-refractivity contribution in [1.82, 2.24) is 0 Å². The summed E-state index contributed by atoms with van der Waals surface area (Å²) in [6, 6.07) is 0. The summed E-state index contributed by atoms with van der Waals surface area (Å²) in [5.41, 5.74) is 0. The third-order valence-electron chi connectivity index (χ3n) is 18.9. The Morgan fingerprint density at radius 1 is 0.242 bits per heavy atom. The molecule has 19 heteroatoms. The van der Waals surface area contributed by atoms with Gasteiger partial charge in [-0.15, -0.1) is 0 Å². The lowest BCUT2D eigenvalue weighted by Crippen LogP contribution is -2.30. The largest absolute Gasteiger partial charge is 0.472 e. The van der Waals surface area contributed by atoms with Gasteiger partial charge in [0.2, 0.25) is 0 Å². The molecule has 0 aliphatic heterocycles. The van der Waals surface area contributed by atoms with Crippen molar-refractivity contribution in [2.24, 2.45) is 0 Å². The summed E-state index contributed by atoms with van der Waals surface area (Å²) in [5.74, 6) is -2.10. The van der Waals surface area contributed by atoms with Crippen molar-refractivity contribution < 1.29 is 80.2 Å². The van der Waals surface area contributed by atoms with Gasteiger partial charge in [0.1, 0.15) is 19.3 Å². The van der Waals surface area contributed by atoms with Crippen LogP contribution in [0.5, 0.6) is 0 Å². The van der Waals surface area contributed by atoms with Crippen LogP contribution in [0.4, 0.5) is 0 Å². The van der Waals surface area contributed by atoms with Crippen LogP contribution >= 0.6 is 15.6 Å². The number of ether oxygens (including phenoxy) is 4. The Morgan fingerprint density at radius 2 is 0.404 bits per heavy atom. The van der Waals surface area contributed by atoms with E-state index >= 15 is 0 Å². The first-order chi connectivity index (χ1) is 48.2. The van der Waals surface area contributed by atoms with Crippen LogP contribution in [0.15, 0.2) is 0 Å². The number of rotatable bonds is 81. The van der Waals surface area contributed by atoms with Crippen LogP contribution in [0.25, 0.3) is 0 Å². The molecule has 0 spiro atoms. The smallest absolute Gasteiger partial charge is 0.462 e. The number of hydrogen-bond donors (Lipinski definition) is 3. The lowest BCUT2D eigenvalue weighted by molar-refractivity contribution is -0.161. The van der Waals surface area contributed by atoms with Crippen molar-refractivity contribution in [1.29, 1.82) is 0 Å². The van der Waals surface area contributed by atoms with E-state index in [1.807, 2.05) is 0 Å². The number of unbranched alkanes of at least 4 members (excludes halogenated alkanes) is 55. The lowest BCUT2D eigenvalue weighted by atomic mass is 10.0. The highest BCUT2D eigenvalue weighted by Crippen LogP contribution is 2.45. The van der Waals surface area contributed by atoms with Gasteiger partial charge in [0.25, 0.3) is 0 Å². The fraction of sp³-hybridized carbons (Fsp3) is 0.950. The molecule has 0 heterocycles. The molecule has 99 heavy (non-hydrogen) atoms. The van der Waals surface area contributed by atoms with Crippen LogP contribution in [-0.2, 0) is 65.4 Å². The van der Waals surface area contributed by atoms with E-state index in [0.717, 1.165) is 89.9 Å². The zero-order valence-corrected chi connectivity index (χ0v) is 66.3. The molecule has 0 rings (SSSR count). The van der Waals surface area contributed by atoms with Crippen LogP contribution in [0.3, 0.4) is 0 Å². The average Bonchev–Trinajstić information content (AvgIpc) is 1.000. The van der Waals surface area contributed by atoms with E-state index in [-0.39, 0.29) is 25.7 Å². The first-order valence-corrected chi connectivity index (χ1v) is 44.8. The Morgan fingerprint density at radius 3 is 0.596 bits per heavy atom. The van der Waals surface area contributed by atoms with Crippen LogP contribution in [0.2, 0.25) is 0 Å². The Labute approximate surface area is 607 Å². The average molecular weight is 1450 g/mol. The predicted molar refractivity (Wildman–Crippen MR) is 405 cm³/mol. The van der Waals surface area contributed by atoms with Crippen molar-refractivity contribution in [3.8, 4) is 0 Å². The number of carbonyl (C=O) groups is 4. The van der Waals surface area contributed by atoms with Crippen molar-refractivity contribution in [2.75, 3.05) is 39.6 Å². The molecule has 0 radical (unpaired) electrons. The number of aliphatic hydroxyl groups is 1. The van der Waals surface area contributed by atoms with Crippen molar-refractivity contribution >= 4 is 39.5 Å². The van der Waals surface area contributed by atoms with Crippen LogP contribution in [0.1, 0.15) is 432 Å². The highest BCUT2D eigenvalue weighted by molar-refractivity contribution is 7.47. The molecule has 17 nitrogen and oxygen atoms in total. The number of aliphatic hydroxyl groups excluding tert-OH is 1. The first kappa shape index (κ1) is 97.1. The topological polar surface area (TPSA) is 237 Å². The fourth-order valence-electron chi connectivity index (χ4n) is 12.5. The summed E-state index contributed by atoms with van der Waals surface area (Å²) >= 11 is 0. The van der Waals surface area contributed by atoms with E-state index in [1.54, 1.807) is 0 Å². The number of hydrogen-bond acceptors (Lipinski definition) is 15. The molecule has 3 N–H and O–H groups in total. The summed E-state index contributed by atoms with van der Waals surface area (Å²) in [6.07, 6.45) is 66.4. The van der Waals surface area contributed by atoms with Crippen molar-refractivity contribution in [3.05, 3.63) is 0 Å². The van der Waals surface area contributed by atoms with Gasteiger partial charge in [-0.3, -0.25) is 37.3 Å². The van der Waals surface area contributed by atoms with Crippen molar-refractivity contribution in [2.45, 2.75) is 451 Å². The minimum atomic E-state index is -4.96. The molecule has 0 aliphatic carbocycles. The SMILES string of the molecule is CCCCCCCCCCCCCCCCCCCCC(=O)O[C@H](COC(=O)CCCCCCCCCCCCCCCCCCC)COP(=O)(O)OC[C@@H](O)COP(=O)(O)OC[C@@H](COC(=O)CCCCCCCCCCCCC)OC(=O)CCCCCCCCCCCCCCC. The molecule has 588 valence electrons. The molecule has 0 saturated heterocycles. The van der Waals surface area contributed by atoms with Gasteiger partial charge < -0.3 is 33.8 Å². The van der Waals surface area contributed by atoms with Crippen LogP contribution in [-0.4, -0.2) is 96.7 Å². The molecular weight excluding hydrogens is 1290 g/mol. The molecule has 0 saturated carbocycles. The van der Waals surface area contributed by atoms with Gasteiger partial charge in [-0.05, 0) is 25.7 Å². The molecule has 5 atom stereocenters. The van der Waals surface area contributed by atoms with Gasteiger partial charge in [-0.25, -0.2) is 9.13 Å². The van der Waals surface area contributed by atoms with Gasteiger partial charge in [-0.1, -0.05) is 381 Å². The molecule has 2 unspecified atom stereocenters. The first-order valence-electron chi connectivity index (χ1n) is 41.8. The second-order valence-electron chi connectivity index (χ2n) is 28.8. The molecular formula is C80H156O17P2. The van der Waals surface area contributed by atoms with Crippen LogP contribution in [0, 0.1) is 0 Å². The van der Waals surface area contributed by atoms with E-state index in [4.69, 9.17) is 37.0 Å². The van der Waals surface area contributed by atoms with Gasteiger partial charge >= 0.3 is 39.5 Å². The predicted octanol–water partition coefficient (Wildman–Crippen LogP) is 24.2. The number of carbonyl (C=O) groups excluding carboxylic acids is 4. The van der Waals surface area contributed by atoms with E-state index < -0.39 is 97.5 Å². The molecule has 0 aromatic carbocycles. The van der Waals surface area contributed by atoms with Gasteiger partial charge in [0.15, 0.2) is 12.2 Å². The monoisotopic (exact) mass is 1450 g/mol. The maximum Gasteiger partial charge on any atom is 0.472 e. The van der Waals surface area contributed by atoms with Crippen LogP contribution < -0.4 is 0 Å². The minimum absolute atomic E-state index is 0.109. The Kier molecular flexibility index (Phi) is 72.9. The van der Waals surface area contributed by atoms with Gasteiger partial charge in [0, 0.05) is 25.7 Å². The molecule has 0 bridgehead atoms. The quantitative estimate of drug-likeness (QED) is 0.0222. The highest BCUT2D eigenvalue weighted by Gasteiger charge is 2.30. The summed E-state index contributed by atoms with van der Waals surface area (Å²) < 4.78 is 68.7. The summed E-state index contributed by atoms with van der Waals surface area (Å²) in [4.78, 5) is 73.0. The van der Waals surface area contributed by atoms with E-state index in [9.17, 15) is 43.2 Å². The lowest BCUT2D eigenvalue weighted by Gasteiger charge is -2.21. The number of phosphoric ester groups is 2. The summed E-state index contributed by atoms with van der Waals surface area (Å²) in [6.45, 7) is 5.02. The third-order valence-corrected chi connectivity index (χ3v) is 20.8. The summed E-state index contributed by atoms with van der Waals surface area (Å²) in [7, 11) is -9.91. The van der Waals surface area contributed by atoms with Crippen molar-refractivity contribution in [3.63, 3.8) is 0 Å². The minimum Gasteiger partial charge on any atom is -0.462 e. The Balaban J connectivity index is 5.24. The molecule has 0 aliphatic rings. The van der Waals surface area contributed by atoms with Gasteiger partial charge in [-0.2, -0.15) is 0 Å². The number of phosphoric acid groups is 2.